The van der Waals surface area contributed by atoms with E-state index in [4.69, 9.17) is 9.47 Å². The summed E-state index contributed by atoms with van der Waals surface area (Å²) < 4.78 is 267. The van der Waals surface area contributed by atoms with Crippen molar-refractivity contribution in [1.82, 2.24) is 0 Å². The predicted octanol–water partition coefficient (Wildman–Crippen LogP) is 16.6. The molecule has 0 saturated carbocycles. The third kappa shape index (κ3) is 15.9. The number of benzene rings is 4. The molecule has 0 saturated heterocycles. The smallest absolute Gasteiger partial charge is 0.432 e. The number of hydrogen-bond donors (Lipinski definition) is 0. The second kappa shape index (κ2) is 23.9. The van der Waals surface area contributed by atoms with Gasteiger partial charge in [-0.1, -0.05) is 84.0 Å². The molecule has 0 aromatic heterocycles. The Morgan fingerprint density at radius 3 is 0.853 bits per heavy atom. The Balaban J connectivity index is 1.03. The third-order valence-corrected chi connectivity index (χ3v) is 10.4. The van der Waals surface area contributed by atoms with Gasteiger partial charge in [-0.2, -0.15) is 43.9 Å². The second-order valence-corrected chi connectivity index (χ2v) is 15.9. The third-order valence-electron chi connectivity index (χ3n) is 10.4. The molecule has 0 N–H and O–H groups in total. The quantitative estimate of drug-likeness (QED) is 0.0464. The maximum Gasteiger partial charge on any atom is 0.432 e. The van der Waals surface area contributed by atoms with Gasteiger partial charge in [-0.25, -0.2) is 35.1 Å². The maximum atomic E-state index is 14.6. The topological polar surface area (TPSA) is 36.9 Å². The second-order valence-electron chi connectivity index (χ2n) is 15.9. The molecule has 378 valence electrons. The molecule has 0 unspecified atom stereocenters. The maximum absolute atomic E-state index is 14.6. The van der Waals surface area contributed by atoms with E-state index in [-0.39, 0.29) is 37.5 Å². The molecule has 0 radical (unpaired) electrons. The molecule has 4 aromatic rings. The van der Waals surface area contributed by atoms with Gasteiger partial charge >= 0.3 is 24.6 Å². The molecule has 0 fully saturated rings. The largest absolute Gasteiger partial charge is 0.493 e. The molecule has 0 heterocycles. The molecule has 22 heteroatoms. The Morgan fingerprint density at radius 1 is 0.338 bits per heavy atom. The van der Waals surface area contributed by atoms with E-state index in [2.05, 4.69) is 16.4 Å². The first-order valence-electron chi connectivity index (χ1n) is 21.2. The van der Waals surface area contributed by atoms with Crippen LogP contribution in [0.5, 0.6) is 23.0 Å². The average Bonchev–Trinajstić information content (AvgIpc) is 3.16. The summed E-state index contributed by atoms with van der Waals surface area (Å²) in [5.41, 5.74) is -8.62. The van der Waals surface area contributed by atoms with Gasteiger partial charge in [-0.3, -0.25) is 0 Å². The number of hydrogen-bond acceptors (Lipinski definition) is 4. The molecule has 0 aliphatic heterocycles. The monoisotopic (exact) mass is 1000 g/mol. The molecule has 0 amide bonds. The van der Waals surface area contributed by atoms with Crippen LogP contribution in [0.25, 0.3) is 0 Å². The average molecular weight is 1000 g/mol. The van der Waals surface area contributed by atoms with Crippen molar-refractivity contribution in [3.05, 3.63) is 117 Å². The van der Waals surface area contributed by atoms with Crippen molar-refractivity contribution in [3.8, 4) is 23.0 Å². The minimum atomic E-state index is -5.49. The fraction of sp³-hybridized carbons (Fsp3) is 0.478. The summed E-state index contributed by atoms with van der Waals surface area (Å²) in [5, 5.41) is 0. The van der Waals surface area contributed by atoms with Crippen molar-refractivity contribution >= 4 is 0 Å². The minimum Gasteiger partial charge on any atom is -0.493 e. The van der Waals surface area contributed by atoms with Gasteiger partial charge in [0.1, 0.15) is 91.8 Å². The first-order valence-corrected chi connectivity index (χ1v) is 21.2. The van der Waals surface area contributed by atoms with Crippen LogP contribution in [0, 0.1) is 52.5 Å². The van der Waals surface area contributed by atoms with Gasteiger partial charge in [0.15, 0.2) is 0 Å². The summed E-state index contributed by atoms with van der Waals surface area (Å²) in [6, 6.07) is 1.02. The summed E-state index contributed by atoms with van der Waals surface area (Å²) in [6.45, 7) is 2.15. The van der Waals surface area contributed by atoms with Crippen LogP contribution < -0.4 is 18.9 Å². The molecule has 4 nitrogen and oxygen atoms in total. The molecule has 0 aliphatic rings. The van der Waals surface area contributed by atoms with E-state index in [9.17, 15) is 79.0 Å². The molecular formula is C46H44F18O4. The van der Waals surface area contributed by atoms with E-state index < -0.39 is 116 Å². The van der Waals surface area contributed by atoms with Crippen LogP contribution >= 0.6 is 0 Å². The molecular weight excluding hydrogens is 958 g/mol. The lowest BCUT2D eigenvalue weighted by atomic mass is 9.96. The van der Waals surface area contributed by atoms with Crippen molar-refractivity contribution in [2.45, 2.75) is 121 Å². The highest BCUT2D eigenvalue weighted by Gasteiger charge is 2.45. The first-order chi connectivity index (χ1) is 31.7. The highest BCUT2D eigenvalue weighted by molar-refractivity contribution is 5.37. The lowest BCUT2D eigenvalue weighted by Gasteiger charge is -2.21. The van der Waals surface area contributed by atoms with Gasteiger partial charge in [0.2, 0.25) is 0 Å². The van der Waals surface area contributed by atoms with E-state index in [1.54, 1.807) is 0 Å². The van der Waals surface area contributed by atoms with Crippen LogP contribution in [0.15, 0.2) is 48.5 Å². The lowest BCUT2D eigenvalue weighted by molar-refractivity contribution is -0.190. The zero-order valence-electron chi connectivity index (χ0n) is 35.9. The Hall–Kier alpha value is -5.18. The number of ether oxygens (including phenoxy) is 4. The van der Waals surface area contributed by atoms with Crippen LogP contribution in [0.3, 0.4) is 0 Å². The van der Waals surface area contributed by atoms with E-state index in [1.807, 2.05) is 0 Å². The van der Waals surface area contributed by atoms with Gasteiger partial charge in [0.25, 0.3) is 0 Å². The summed E-state index contributed by atoms with van der Waals surface area (Å²) in [4.78, 5) is 0. The van der Waals surface area contributed by atoms with Crippen LogP contribution in [0.1, 0.15) is 119 Å². The number of alkyl halides is 10. The highest BCUT2D eigenvalue weighted by Crippen LogP contribution is 2.42. The minimum absolute atomic E-state index is 0.000404. The summed E-state index contributed by atoms with van der Waals surface area (Å²) >= 11 is 0. The molecule has 0 atom stereocenters. The molecule has 0 aliphatic carbocycles. The Labute approximate surface area is 378 Å². The van der Waals surface area contributed by atoms with Crippen molar-refractivity contribution in [2.75, 3.05) is 13.2 Å². The van der Waals surface area contributed by atoms with E-state index in [0.717, 1.165) is 64.2 Å². The van der Waals surface area contributed by atoms with Crippen molar-refractivity contribution in [2.24, 2.45) is 5.92 Å². The first kappa shape index (κ1) is 55.4. The van der Waals surface area contributed by atoms with Gasteiger partial charge in [-0.05, 0) is 18.8 Å². The van der Waals surface area contributed by atoms with Gasteiger partial charge in [-0.15, -0.1) is 0 Å². The summed E-state index contributed by atoms with van der Waals surface area (Å²) in [6.07, 6.45) is -8.93. The zero-order chi connectivity index (χ0) is 50.6. The van der Waals surface area contributed by atoms with Crippen molar-refractivity contribution in [1.29, 1.82) is 0 Å². The molecule has 0 spiro atoms. The molecule has 4 aromatic carbocycles. The lowest BCUT2D eigenvalue weighted by Crippen LogP contribution is -2.25. The van der Waals surface area contributed by atoms with Crippen LogP contribution in [0.2, 0.25) is 0 Å². The van der Waals surface area contributed by atoms with Crippen LogP contribution in [-0.2, 0) is 24.6 Å². The zero-order valence-corrected chi connectivity index (χ0v) is 35.9. The summed E-state index contributed by atoms with van der Waals surface area (Å²) in [5.74, 6) is -19.7. The number of rotatable bonds is 26. The van der Waals surface area contributed by atoms with Gasteiger partial charge in [0, 0.05) is 48.5 Å². The fourth-order valence-electron chi connectivity index (χ4n) is 7.11. The Morgan fingerprint density at radius 2 is 0.574 bits per heavy atom. The van der Waals surface area contributed by atoms with E-state index in [0.29, 0.717) is 55.9 Å². The Kier molecular flexibility index (Phi) is 19.5. The highest BCUT2D eigenvalue weighted by atomic mass is 19.4. The number of halogens is 18. The SMILES string of the molecule is CC(CCCCCCCCOc1cc(F)c(C(F)(F)Oc2cc(F)c(C(F)(F)F)c(F)c2)c(F)c1)CCCCCCCCOc1cc(F)c(C(F)(F)Oc2cc(F)c(C(F)(F)F)c(F)c2)c(F)c1. The molecule has 0 bridgehead atoms. The summed E-state index contributed by atoms with van der Waals surface area (Å²) in [7, 11) is 0. The van der Waals surface area contributed by atoms with Gasteiger partial charge < -0.3 is 18.9 Å². The molecule has 68 heavy (non-hydrogen) atoms. The van der Waals surface area contributed by atoms with Crippen LogP contribution in [-0.4, -0.2) is 13.2 Å². The standard InChI is InChI=1S/C46H44F18O4/c1-26(14-10-6-2-4-8-12-16-65-27-18-35(51)41(36(52)19-27)45(61,62)67-29-22-31(47)39(32(48)23-29)43(55,56)57)15-11-7-3-5-9-13-17-66-28-20-37(53)42(38(54)21-28)46(63,64)68-30-24-33(49)40(34(50)25-30)44(58,59)60/h18-26H,2-17H2,1H3. The normalized spacial score (nSPS) is 12.5. The van der Waals surface area contributed by atoms with Crippen LogP contribution in [0.4, 0.5) is 79.0 Å². The Bertz CT molecular complexity index is 2030. The van der Waals surface area contributed by atoms with E-state index in [1.165, 1.54) is 0 Å². The molecule has 4 rings (SSSR count). The fourth-order valence-corrected chi connectivity index (χ4v) is 7.11. The van der Waals surface area contributed by atoms with Crippen molar-refractivity contribution in [3.63, 3.8) is 0 Å². The van der Waals surface area contributed by atoms with E-state index >= 15 is 0 Å². The van der Waals surface area contributed by atoms with Gasteiger partial charge in [0.05, 0.1) is 13.2 Å². The number of unbranched alkanes of at least 4 members (excludes halogenated alkanes) is 10. The predicted molar refractivity (Wildman–Crippen MR) is 209 cm³/mol. The van der Waals surface area contributed by atoms with Crippen molar-refractivity contribution < 1.29 is 98.0 Å².